The van der Waals surface area contributed by atoms with Gasteiger partial charge in [0.1, 0.15) is 0 Å². The highest BCUT2D eigenvalue weighted by atomic mass is 19.4. The van der Waals surface area contributed by atoms with E-state index in [9.17, 15) is 18.0 Å². The molecule has 1 aromatic rings. The summed E-state index contributed by atoms with van der Waals surface area (Å²) in [5, 5.41) is 2.81. The van der Waals surface area contributed by atoms with Crippen LogP contribution in [-0.4, -0.2) is 23.7 Å². The van der Waals surface area contributed by atoms with Crippen molar-refractivity contribution in [2.75, 3.05) is 0 Å². The smallest absolute Gasteiger partial charge is 0.350 e. The highest BCUT2D eigenvalue weighted by Crippen LogP contribution is 2.22. The molecule has 0 saturated carbocycles. The number of amides is 1. The Morgan fingerprint density at radius 2 is 1.57 bits per heavy atom. The van der Waals surface area contributed by atoms with Gasteiger partial charge in [-0.25, -0.2) is 0 Å². The summed E-state index contributed by atoms with van der Waals surface area (Å²) in [6, 6.07) is 5.64. The lowest BCUT2D eigenvalue weighted by Crippen LogP contribution is -2.50. The largest absolute Gasteiger partial charge is 0.393 e. The van der Waals surface area contributed by atoms with Crippen molar-refractivity contribution >= 4 is 5.91 Å². The van der Waals surface area contributed by atoms with Gasteiger partial charge in [0.05, 0.1) is 12.5 Å². The summed E-state index contributed by atoms with van der Waals surface area (Å²) in [5.74, 6) is -0.256. The molecule has 0 aliphatic heterocycles. The molecule has 0 aliphatic rings. The molecule has 3 N–H and O–H groups in total. The predicted octanol–water partition coefficient (Wildman–Crippen LogP) is 2.58. The predicted molar refractivity (Wildman–Crippen MR) is 75.8 cm³/mol. The van der Waals surface area contributed by atoms with Crippen LogP contribution in [-0.2, 0) is 17.6 Å². The van der Waals surface area contributed by atoms with Crippen molar-refractivity contribution in [3.63, 3.8) is 0 Å². The number of carbonyl (C=O) groups is 1. The van der Waals surface area contributed by atoms with Crippen molar-refractivity contribution in [3.05, 3.63) is 35.4 Å². The maximum absolute atomic E-state index is 12.3. The first-order valence-electron chi connectivity index (χ1n) is 6.71. The lowest BCUT2D eigenvalue weighted by atomic mass is 9.93. The van der Waals surface area contributed by atoms with Gasteiger partial charge in [-0.1, -0.05) is 24.3 Å². The molecule has 0 fully saturated rings. The Labute approximate surface area is 122 Å². The van der Waals surface area contributed by atoms with Crippen molar-refractivity contribution in [2.45, 2.75) is 51.4 Å². The Kier molecular flexibility index (Phi) is 5.39. The second-order valence-corrected chi connectivity index (χ2v) is 5.95. The van der Waals surface area contributed by atoms with Gasteiger partial charge in [0.15, 0.2) is 0 Å². The van der Waals surface area contributed by atoms with Crippen LogP contribution in [0.4, 0.5) is 13.2 Å². The van der Waals surface area contributed by atoms with Gasteiger partial charge in [0.2, 0.25) is 5.91 Å². The van der Waals surface area contributed by atoms with Gasteiger partial charge in [-0.15, -0.1) is 0 Å². The molecule has 21 heavy (non-hydrogen) atoms. The molecular weight excluding hydrogens is 281 g/mol. The summed E-state index contributed by atoms with van der Waals surface area (Å²) in [7, 11) is 0. The van der Waals surface area contributed by atoms with Crippen molar-refractivity contribution in [2.24, 2.45) is 5.73 Å². The number of nitrogens with one attached hydrogen (secondary N) is 1. The standard InChI is InChI=1S/C15H21F3N2O/c1-10(19)13(21)20-14(2,3)8-11-4-6-12(7-5-11)9-15(16,17)18/h4-7,10H,8-9,19H2,1-3H3,(H,20,21)/t10-/m0/s1. The van der Waals surface area contributed by atoms with E-state index in [0.717, 1.165) is 5.56 Å². The summed E-state index contributed by atoms with van der Waals surface area (Å²) >= 11 is 0. The molecule has 0 saturated heterocycles. The van der Waals surface area contributed by atoms with Crippen LogP contribution in [0.2, 0.25) is 0 Å². The maximum atomic E-state index is 12.3. The molecule has 6 heteroatoms. The molecule has 0 spiro atoms. The van der Waals surface area contributed by atoms with E-state index < -0.39 is 24.2 Å². The van der Waals surface area contributed by atoms with E-state index in [-0.39, 0.29) is 11.5 Å². The Bertz CT molecular complexity index is 479. The third-order valence-electron chi connectivity index (χ3n) is 2.95. The van der Waals surface area contributed by atoms with Crippen molar-refractivity contribution in [1.29, 1.82) is 0 Å². The molecular formula is C15H21F3N2O. The van der Waals surface area contributed by atoms with E-state index in [1.54, 1.807) is 19.1 Å². The first kappa shape index (κ1) is 17.5. The fraction of sp³-hybridized carbons (Fsp3) is 0.533. The zero-order valence-electron chi connectivity index (χ0n) is 12.4. The van der Waals surface area contributed by atoms with Crippen LogP contribution in [0.15, 0.2) is 24.3 Å². The Morgan fingerprint density at radius 1 is 1.14 bits per heavy atom. The first-order valence-corrected chi connectivity index (χ1v) is 6.71. The van der Waals surface area contributed by atoms with Gasteiger partial charge < -0.3 is 11.1 Å². The van der Waals surface area contributed by atoms with E-state index in [4.69, 9.17) is 5.73 Å². The summed E-state index contributed by atoms with van der Waals surface area (Å²) in [6.07, 6.45) is -4.62. The molecule has 0 unspecified atom stereocenters. The minimum Gasteiger partial charge on any atom is -0.350 e. The molecule has 0 aromatic heterocycles. The Balaban J connectivity index is 2.68. The van der Waals surface area contributed by atoms with E-state index in [1.807, 2.05) is 13.8 Å². The topological polar surface area (TPSA) is 55.1 Å². The highest BCUT2D eigenvalue weighted by molar-refractivity contribution is 5.81. The first-order chi connectivity index (χ1) is 9.48. The van der Waals surface area contributed by atoms with Gasteiger partial charge >= 0.3 is 6.18 Å². The highest BCUT2D eigenvalue weighted by Gasteiger charge is 2.27. The SMILES string of the molecule is C[C@H](N)C(=O)NC(C)(C)Cc1ccc(CC(F)(F)F)cc1. The number of hydrogen-bond donors (Lipinski definition) is 2. The second-order valence-electron chi connectivity index (χ2n) is 5.95. The number of hydrogen-bond acceptors (Lipinski definition) is 2. The van der Waals surface area contributed by atoms with Crippen molar-refractivity contribution in [1.82, 2.24) is 5.32 Å². The summed E-state index contributed by atoms with van der Waals surface area (Å²) in [5.41, 5.74) is 6.06. The zero-order chi connectivity index (χ0) is 16.3. The lowest BCUT2D eigenvalue weighted by Gasteiger charge is -2.27. The molecule has 0 heterocycles. The van der Waals surface area contributed by atoms with Crippen LogP contribution in [0.5, 0.6) is 0 Å². The van der Waals surface area contributed by atoms with Gasteiger partial charge in [0.25, 0.3) is 0 Å². The number of carbonyl (C=O) groups excluding carboxylic acids is 1. The average molecular weight is 302 g/mol. The van der Waals surface area contributed by atoms with Gasteiger partial charge in [-0.2, -0.15) is 13.2 Å². The van der Waals surface area contributed by atoms with Gasteiger partial charge in [-0.3, -0.25) is 4.79 Å². The second kappa shape index (κ2) is 6.47. The number of halogens is 3. The van der Waals surface area contributed by atoms with E-state index in [1.165, 1.54) is 12.1 Å². The van der Waals surface area contributed by atoms with Gasteiger partial charge in [-0.05, 0) is 38.3 Å². The monoisotopic (exact) mass is 302 g/mol. The van der Waals surface area contributed by atoms with Crippen LogP contribution in [0, 0.1) is 0 Å². The van der Waals surface area contributed by atoms with Crippen LogP contribution in [0.1, 0.15) is 31.9 Å². The van der Waals surface area contributed by atoms with E-state index >= 15 is 0 Å². The van der Waals surface area contributed by atoms with Crippen LogP contribution in [0.3, 0.4) is 0 Å². The van der Waals surface area contributed by atoms with E-state index in [2.05, 4.69) is 5.32 Å². The molecule has 1 aromatic carbocycles. The van der Waals surface area contributed by atoms with Crippen molar-refractivity contribution < 1.29 is 18.0 Å². The van der Waals surface area contributed by atoms with Crippen molar-refractivity contribution in [3.8, 4) is 0 Å². The van der Waals surface area contributed by atoms with Crippen LogP contribution < -0.4 is 11.1 Å². The number of rotatable bonds is 5. The molecule has 1 amide bonds. The molecule has 1 atom stereocenters. The number of benzene rings is 1. The number of nitrogens with two attached hydrogens (primary N) is 1. The van der Waals surface area contributed by atoms with Gasteiger partial charge in [0, 0.05) is 5.54 Å². The Morgan fingerprint density at radius 3 is 1.95 bits per heavy atom. The summed E-state index contributed by atoms with van der Waals surface area (Å²) < 4.78 is 36.8. The fourth-order valence-electron chi connectivity index (χ4n) is 2.01. The number of alkyl halides is 3. The quantitative estimate of drug-likeness (QED) is 0.878. The zero-order valence-corrected chi connectivity index (χ0v) is 12.4. The average Bonchev–Trinajstić information content (AvgIpc) is 2.28. The van der Waals surface area contributed by atoms with Crippen LogP contribution >= 0.6 is 0 Å². The minimum absolute atomic E-state index is 0.226. The molecule has 0 radical (unpaired) electrons. The molecule has 0 aliphatic carbocycles. The third kappa shape index (κ3) is 6.62. The maximum Gasteiger partial charge on any atom is 0.393 e. The normalized spacial score (nSPS) is 13.9. The molecule has 3 nitrogen and oxygen atoms in total. The van der Waals surface area contributed by atoms with E-state index in [0.29, 0.717) is 6.42 Å². The Hall–Kier alpha value is -1.56. The summed E-state index contributed by atoms with van der Waals surface area (Å²) in [4.78, 5) is 11.6. The molecule has 118 valence electrons. The molecule has 0 bridgehead atoms. The fourth-order valence-corrected chi connectivity index (χ4v) is 2.01. The minimum atomic E-state index is -4.20. The summed E-state index contributed by atoms with van der Waals surface area (Å²) in [6.45, 7) is 5.28. The molecule has 1 rings (SSSR count). The van der Waals surface area contributed by atoms with Crippen LogP contribution in [0.25, 0.3) is 0 Å². The lowest BCUT2D eigenvalue weighted by molar-refractivity contribution is -0.127. The third-order valence-corrected chi connectivity index (χ3v) is 2.95.